The maximum atomic E-state index is 10.9. The number of carboxylic acid groups (broad SMARTS) is 1. The van der Waals surface area contributed by atoms with Crippen molar-refractivity contribution in [1.29, 1.82) is 0 Å². The molecule has 22 heavy (non-hydrogen) atoms. The van der Waals surface area contributed by atoms with E-state index in [1.807, 2.05) is 18.3 Å². The van der Waals surface area contributed by atoms with Crippen LogP contribution < -0.4 is 9.47 Å². The number of benzene rings is 1. The predicted molar refractivity (Wildman–Crippen MR) is 85.2 cm³/mol. The third-order valence-electron chi connectivity index (χ3n) is 3.85. The summed E-state index contributed by atoms with van der Waals surface area (Å²) in [4.78, 5) is 15.5. The Morgan fingerprint density at radius 1 is 1.32 bits per heavy atom. The summed E-state index contributed by atoms with van der Waals surface area (Å²) in [6, 6.07) is 5.82. The molecule has 120 valence electrons. The van der Waals surface area contributed by atoms with Crippen LogP contribution in [0.15, 0.2) is 23.2 Å². The number of aliphatic imine (C=N–C) groups is 1. The molecule has 0 radical (unpaired) electrons. The van der Waals surface area contributed by atoms with Gasteiger partial charge in [-0.3, -0.25) is 4.99 Å². The Balaban J connectivity index is 2.07. The van der Waals surface area contributed by atoms with Crippen molar-refractivity contribution in [3.63, 3.8) is 0 Å². The van der Waals surface area contributed by atoms with Crippen LogP contribution in [0.5, 0.6) is 11.5 Å². The van der Waals surface area contributed by atoms with E-state index in [0.29, 0.717) is 17.5 Å². The molecule has 1 N–H and O–H groups in total. The van der Waals surface area contributed by atoms with Gasteiger partial charge in [-0.2, -0.15) is 0 Å². The van der Waals surface area contributed by atoms with Crippen LogP contribution in [-0.2, 0) is 4.79 Å². The first-order valence-electron chi connectivity index (χ1n) is 7.71. The topological polar surface area (TPSA) is 68.1 Å². The average Bonchev–Trinajstić information content (AvgIpc) is 2.54. The molecule has 2 rings (SSSR count). The molecular weight excluding hydrogens is 282 g/mol. The van der Waals surface area contributed by atoms with Gasteiger partial charge in [0.2, 0.25) is 0 Å². The summed E-state index contributed by atoms with van der Waals surface area (Å²) in [7, 11) is 1.54. The standard InChI is InChI=1S/C17H23NO4/c1-12(17(19)20)22-15-9-8-13(10-16(15)21-2)11-18-14-6-4-3-5-7-14/h8-12,14H,3-7H2,1-2H3,(H,19,20)/t12-/m0/s1. The molecule has 1 fully saturated rings. The lowest BCUT2D eigenvalue weighted by Gasteiger charge is -2.17. The molecule has 0 aliphatic heterocycles. The van der Waals surface area contributed by atoms with E-state index in [1.54, 1.807) is 6.07 Å². The molecule has 1 aromatic carbocycles. The zero-order valence-electron chi connectivity index (χ0n) is 13.1. The number of carbonyl (C=O) groups is 1. The molecule has 1 aliphatic rings. The Kier molecular flexibility index (Phi) is 5.81. The highest BCUT2D eigenvalue weighted by Gasteiger charge is 2.15. The second-order valence-electron chi connectivity index (χ2n) is 5.58. The van der Waals surface area contributed by atoms with Gasteiger partial charge in [-0.25, -0.2) is 4.79 Å². The Labute approximate surface area is 131 Å². The highest BCUT2D eigenvalue weighted by molar-refractivity contribution is 5.81. The molecule has 0 aromatic heterocycles. The number of nitrogens with zero attached hydrogens (tertiary/aromatic N) is 1. The lowest BCUT2D eigenvalue weighted by Crippen LogP contribution is -2.23. The van der Waals surface area contributed by atoms with Crippen molar-refractivity contribution in [2.45, 2.75) is 51.2 Å². The summed E-state index contributed by atoms with van der Waals surface area (Å²) >= 11 is 0. The number of rotatable bonds is 6. The molecule has 0 saturated heterocycles. The highest BCUT2D eigenvalue weighted by Crippen LogP contribution is 2.29. The minimum absolute atomic E-state index is 0.419. The quantitative estimate of drug-likeness (QED) is 0.819. The normalized spacial score (nSPS) is 17.4. The maximum absolute atomic E-state index is 10.9. The van der Waals surface area contributed by atoms with Gasteiger partial charge in [0.15, 0.2) is 17.6 Å². The van der Waals surface area contributed by atoms with Crippen molar-refractivity contribution in [2.24, 2.45) is 4.99 Å². The van der Waals surface area contributed by atoms with Crippen LogP contribution in [0.3, 0.4) is 0 Å². The van der Waals surface area contributed by atoms with Gasteiger partial charge < -0.3 is 14.6 Å². The zero-order valence-corrected chi connectivity index (χ0v) is 13.1. The van der Waals surface area contributed by atoms with Crippen LogP contribution >= 0.6 is 0 Å². The van der Waals surface area contributed by atoms with Crippen molar-refractivity contribution in [2.75, 3.05) is 7.11 Å². The number of methoxy groups -OCH3 is 1. The summed E-state index contributed by atoms with van der Waals surface area (Å²) < 4.78 is 10.7. The molecule has 5 heteroatoms. The molecular formula is C17H23NO4. The summed E-state index contributed by atoms with van der Waals surface area (Å²) in [6.07, 6.45) is 7.08. The fraction of sp³-hybridized carbons (Fsp3) is 0.529. The Bertz CT molecular complexity index is 535. The van der Waals surface area contributed by atoms with Gasteiger partial charge in [0.05, 0.1) is 7.11 Å². The summed E-state index contributed by atoms with van der Waals surface area (Å²) in [5.41, 5.74) is 0.928. The summed E-state index contributed by atoms with van der Waals surface area (Å²) in [6.45, 7) is 1.49. The first-order chi connectivity index (χ1) is 10.6. The molecule has 0 spiro atoms. The molecule has 1 aliphatic carbocycles. The van der Waals surface area contributed by atoms with Crippen LogP contribution in [0.25, 0.3) is 0 Å². The fourth-order valence-electron chi connectivity index (χ4n) is 2.52. The molecule has 0 heterocycles. The van der Waals surface area contributed by atoms with E-state index in [4.69, 9.17) is 14.6 Å². The van der Waals surface area contributed by atoms with Crippen molar-refractivity contribution in [1.82, 2.24) is 0 Å². The number of carboxylic acids is 1. The van der Waals surface area contributed by atoms with Gasteiger partial charge in [0, 0.05) is 12.3 Å². The minimum Gasteiger partial charge on any atom is -0.493 e. The number of hydrogen-bond donors (Lipinski definition) is 1. The van der Waals surface area contributed by atoms with Gasteiger partial charge in [0.25, 0.3) is 0 Å². The van der Waals surface area contributed by atoms with Crippen molar-refractivity contribution in [3.8, 4) is 11.5 Å². The van der Waals surface area contributed by atoms with E-state index in [9.17, 15) is 4.79 Å². The van der Waals surface area contributed by atoms with Gasteiger partial charge >= 0.3 is 5.97 Å². The smallest absolute Gasteiger partial charge is 0.344 e. The van der Waals surface area contributed by atoms with Gasteiger partial charge in [0.1, 0.15) is 0 Å². The first-order valence-corrected chi connectivity index (χ1v) is 7.71. The van der Waals surface area contributed by atoms with Crippen LogP contribution in [0, 0.1) is 0 Å². The van der Waals surface area contributed by atoms with Gasteiger partial charge in [-0.15, -0.1) is 0 Å². The van der Waals surface area contributed by atoms with Gasteiger partial charge in [-0.05, 0) is 43.5 Å². The van der Waals surface area contributed by atoms with E-state index < -0.39 is 12.1 Å². The van der Waals surface area contributed by atoms with Crippen molar-refractivity contribution >= 4 is 12.2 Å². The molecule has 1 atom stereocenters. The number of ether oxygens (including phenoxy) is 2. The van der Waals surface area contributed by atoms with E-state index in [0.717, 1.165) is 18.4 Å². The second kappa shape index (κ2) is 7.82. The Morgan fingerprint density at radius 2 is 2.05 bits per heavy atom. The van der Waals surface area contributed by atoms with E-state index in [-0.39, 0.29) is 0 Å². The first kappa shape index (κ1) is 16.3. The molecule has 1 aromatic rings. The Morgan fingerprint density at radius 3 is 2.68 bits per heavy atom. The van der Waals surface area contributed by atoms with E-state index >= 15 is 0 Å². The molecule has 0 amide bonds. The van der Waals surface area contributed by atoms with Crippen LogP contribution in [-0.4, -0.2) is 36.5 Å². The second-order valence-corrected chi connectivity index (χ2v) is 5.58. The zero-order chi connectivity index (χ0) is 15.9. The SMILES string of the molecule is COc1cc(C=NC2CCCCC2)ccc1O[C@@H](C)C(=O)O. The van der Waals surface area contributed by atoms with Crippen LogP contribution in [0.4, 0.5) is 0 Å². The van der Waals surface area contributed by atoms with Gasteiger partial charge in [-0.1, -0.05) is 19.3 Å². The predicted octanol–water partition coefficient (Wildman–Crippen LogP) is 3.30. The Hall–Kier alpha value is -2.04. The van der Waals surface area contributed by atoms with E-state index in [1.165, 1.54) is 33.3 Å². The third kappa shape index (κ3) is 4.48. The summed E-state index contributed by atoms with van der Waals surface area (Å²) in [5.74, 6) is -0.0714. The average molecular weight is 305 g/mol. The molecule has 5 nitrogen and oxygen atoms in total. The van der Waals surface area contributed by atoms with Crippen molar-refractivity contribution in [3.05, 3.63) is 23.8 Å². The third-order valence-corrected chi connectivity index (χ3v) is 3.85. The molecule has 0 unspecified atom stereocenters. The maximum Gasteiger partial charge on any atom is 0.344 e. The lowest BCUT2D eigenvalue weighted by atomic mass is 9.96. The van der Waals surface area contributed by atoms with E-state index in [2.05, 4.69) is 4.99 Å². The number of hydrogen-bond acceptors (Lipinski definition) is 4. The highest BCUT2D eigenvalue weighted by atomic mass is 16.5. The largest absolute Gasteiger partial charge is 0.493 e. The lowest BCUT2D eigenvalue weighted by molar-refractivity contribution is -0.144. The van der Waals surface area contributed by atoms with Crippen molar-refractivity contribution < 1.29 is 19.4 Å². The minimum atomic E-state index is -1.01. The summed E-state index contributed by atoms with van der Waals surface area (Å²) in [5, 5.41) is 8.90. The van der Waals surface area contributed by atoms with Crippen LogP contribution in [0.2, 0.25) is 0 Å². The van der Waals surface area contributed by atoms with Crippen LogP contribution in [0.1, 0.15) is 44.6 Å². The molecule has 1 saturated carbocycles. The monoisotopic (exact) mass is 305 g/mol. The molecule has 0 bridgehead atoms. The number of aliphatic carboxylic acids is 1. The fourth-order valence-corrected chi connectivity index (χ4v) is 2.52.